The van der Waals surface area contributed by atoms with Crippen LogP contribution in [-0.2, 0) is 10.9 Å². The van der Waals surface area contributed by atoms with E-state index in [1.54, 1.807) is 56.1 Å². The molecule has 722 valence electrons. The fraction of sp³-hybridized carbons (Fsp3) is 0.0333. The summed E-state index contributed by atoms with van der Waals surface area (Å²) in [5, 5.41) is 0. The first-order valence-electron chi connectivity index (χ1n) is 37.5. The van der Waals surface area contributed by atoms with Gasteiger partial charge in [0.1, 0.15) is 105 Å². The van der Waals surface area contributed by atoms with E-state index in [0.717, 1.165) is 29.4 Å². The van der Waals surface area contributed by atoms with Gasteiger partial charge in [-0.3, -0.25) is 14.4 Å². The minimum absolute atomic E-state index is 0.0674. The summed E-state index contributed by atoms with van der Waals surface area (Å²) in [4.78, 5) is 45.4. The average Bonchev–Trinajstić information content (AvgIpc) is 0.682. The van der Waals surface area contributed by atoms with Crippen molar-refractivity contribution >= 4 is 120 Å². The second-order valence-electron chi connectivity index (χ2n) is 28.9. The highest BCUT2D eigenvalue weighted by Gasteiger charge is 2.55. The third-order valence-corrected chi connectivity index (χ3v) is 26.4. The highest BCUT2D eigenvalue weighted by atomic mass is 32.2. The summed E-state index contributed by atoms with van der Waals surface area (Å²) in [7, 11) is -0.344. The van der Waals surface area contributed by atoms with Crippen LogP contribution >= 0.6 is 35.3 Å². The van der Waals surface area contributed by atoms with Crippen molar-refractivity contribution in [2.45, 2.75) is 64.8 Å². The molecule has 0 unspecified atom stereocenters. The Labute approximate surface area is 765 Å². The molecule has 0 saturated heterocycles. The van der Waals surface area contributed by atoms with Gasteiger partial charge < -0.3 is 0 Å². The molecule has 0 N–H and O–H groups in total. The molecule has 0 heterocycles. The molecule has 14 aromatic carbocycles. The van der Waals surface area contributed by atoms with Gasteiger partial charge in [-0.2, -0.15) is 0 Å². The Morgan fingerprint density at radius 1 is 0.158 bits per heavy atom. The summed E-state index contributed by atoms with van der Waals surface area (Å²) < 4.78 is 588. The molecule has 0 aromatic heterocycles. The minimum Gasteiger partial charge on any atom is -0.295 e. The van der Waals surface area contributed by atoms with E-state index in [9.17, 15) is 120 Å². The Bertz CT molecular complexity index is 6100. The lowest BCUT2D eigenvalue weighted by Crippen LogP contribution is -2.81. The molecular weight excluding hydrogens is 2040 g/mol. The van der Waals surface area contributed by atoms with Crippen molar-refractivity contribution < 1.29 is 190 Å². The summed E-state index contributed by atoms with van der Waals surface area (Å²) in [6.07, 6.45) is -14.4. The Hall–Kier alpha value is -13.2. The molecule has 0 atom stereocenters. The molecule has 0 saturated carbocycles. The summed E-state index contributed by atoms with van der Waals surface area (Å²) in [6, 6.07) is 49.5. The van der Waals surface area contributed by atoms with E-state index in [-0.39, 0.29) is 28.2 Å². The lowest BCUT2D eigenvalue weighted by Gasteiger charge is -2.44. The third-order valence-electron chi connectivity index (χ3n) is 21.1. The van der Waals surface area contributed by atoms with Crippen LogP contribution in [0.1, 0.15) is 51.8 Å². The maximum absolute atomic E-state index is 15.4. The predicted molar refractivity (Wildman–Crippen MR) is 422 cm³/mol. The third kappa shape index (κ3) is 18.1. The number of rotatable bonds is 20. The molecule has 0 spiro atoms. The van der Waals surface area contributed by atoms with Crippen molar-refractivity contribution in [2.75, 3.05) is 0 Å². The van der Waals surface area contributed by atoms with Crippen LogP contribution in [0.2, 0.25) is 0 Å². The molecular formula is C90H33B2F40O3S4-. The molecule has 0 bridgehead atoms. The van der Waals surface area contributed by atoms with Gasteiger partial charge in [0, 0.05) is 46.1 Å². The molecule has 0 aliphatic heterocycles. The lowest BCUT2D eigenvalue weighted by atomic mass is 9.12. The van der Waals surface area contributed by atoms with E-state index >= 15 is 70.2 Å². The zero-order chi connectivity index (χ0) is 103. The molecule has 14 rings (SSSR count). The van der Waals surface area contributed by atoms with Crippen LogP contribution in [0.15, 0.2) is 190 Å². The van der Waals surface area contributed by atoms with E-state index in [2.05, 4.69) is 72.8 Å². The predicted octanol–water partition coefficient (Wildman–Crippen LogP) is 23.5. The van der Waals surface area contributed by atoms with Crippen LogP contribution in [0.4, 0.5) is 176 Å². The van der Waals surface area contributed by atoms with E-state index in [0.29, 0.717) is 16.7 Å². The Balaban J connectivity index is 0.000000187. The Morgan fingerprint density at radius 2 is 0.252 bits per heavy atom. The second kappa shape index (κ2) is 40.3. The van der Waals surface area contributed by atoms with Gasteiger partial charge >= 0.3 is 0 Å². The van der Waals surface area contributed by atoms with Crippen molar-refractivity contribution in [1.29, 1.82) is 0 Å². The summed E-state index contributed by atoms with van der Waals surface area (Å²) >= 11 is 5.04. The number of ketones is 3. The Kier molecular flexibility index (Phi) is 30.4. The van der Waals surface area contributed by atoms with Gasteiger partial charge in [0.25, 0.3) is 0 Å². The molecule has 139 heavy (non-hydrogen) atoms. The number of carbonyl (C=O) groups is 3. The SMILES string of the molecule is CC(=O)c1ccc(Sc2ccc([S+](c3ccc(Sc4ccc(C(C)=O)cc4)cc3)c3ccc(Sc4ccc(C(C)=O)cc4)cc3)cc2)cc1.Fc1c(F)c(F)c([B-](c2c(F)c(F)c(F)c(F)c2F)(c2c(F)c(F)c(F)c(F)c2F)c2c(F)c(F)c(F)c(F)c2F)c(F)c1F.Fc1c(F)c(F)c([B-](c2c(F)c(F)c(F)c(F)c2F)(c2c(F)c(F)c(F)c(F)c2F)c2c(F)c(F)c(F)c(F)c2F)c(F)c1F. The van der Waals surface area contributed by atoms with Crippen LogP contribution in [0.5, 0.6) is 0 Å². The molecule has 0 fully saturated rings. The largest absolute Gasteiger partial charge is 0.295 e. The first kappa shape index (κ1) is 105. The van der Waals surface area contributed by atoms with Crippen LogP contribution < -0.4 is 43.7 Å². The first-order valence-corrected chi connectivity index (χ1v) is 41.2. The van der Waals surface area contributed by atoms with Gasteiger partial charge in [-0.05, 0) is 130 Å². The van der Waals surface area contributed by atoms with Gasteiger partial charge in [0.05, 0.1) is 10.9 Å². The standard InChI is InChI=1S/C42H33O3S4.2C24BF20/c1-28(43)31-4-10-34(11-5-31)46-37-16-22-40(23-17-37)49(41-24-18-38(19-25-41)47-35-12-6-32(7-13-35)29(2)44)42-26-20-39(21-27-42)48-36-14-8-33(9-15-36)30(3)45;2*26-5-1(6(27)14(35)21(42)13(5)34)25(2-7(28)15(36)22(43)16(37)8(2)29,3-9(30)17(38)23(44)18(39)10(3)31)4-11(32)19(40)24(45)20(41)12(4)33/h4-27H,1-3H3;;/q+1;2*-1. The van der Waals surface area contributed by atoms with E-state index in [1.165, 1.54) is 14.7 Å². The minimum atomic E-state index is -7.22. The van der Waals surface area contributed by atoms with Crippen molar-refractivity contribution in [1.82, 2.24) is 0 Å². The monoisotopic (exact) mass is 2070 g/mol. The Morgan fingerprint density at radius 3 is 0.353 bits per heavy atom. The first-order chi connectivity index (χ1) is 65.1. The van der Waals surface area contributed by atoms with Crippen LogP contribution in [-0.4, -0.2) is 29.6 Å². The number of benzene rings is 14. The van der Waals surface area contributed by atoms with Crippen molar-refractivity contribution in [3.8, 4) is 0 Å². The molecule has 3 nitrogen and oxygen atoms in total. The number of halogens is 40. The van der Waals surface area contributed by atoms with Crippen LogP contribution in [0.25, 0.3) is 0 Å². The van der Waals surface area contributed by atoms with Gasteiger partial charge in [-0.1, -0.05) is 71.7 Å². The van der Waals surface area contributed by atoms with Gasteiger partial charge in [0.2, 0.25) is 0 Å². The molecule has 0 amide bonds. The molecule has 0 aliphatic carbocycles. The van der Waals surface area contributed by atoms with Crippen molar-refractivity contribution in [3.05, 3.63) is 395 Å². The number of hydrogen-bond acceptors (Lipinski definition) is 6. The fourth-order valence-corrected chi connectivity index (χ4v) is 19.3. The van der Waals surface area contributed by atoms with Crippen molar-refractivity contribution in [3.63, 3.8) is 0 Å². The normalized spacial score (nSPS) is 11.7. The summed E-state index contributed by atoms with van der Waals surface area (Å²) in [5.41, 5.74) is -26.5. The topological polar surface area (TPSA) is 51.2 Å². The second-order valence-corrected chi connectivity index (χ2v) is 34.3. The molecule has 14 aromatic rings. The van der Waals surface area contributed by atoms with Crippen LogP contribution in [0.3, 0.4) is 0 Å². The summed E-state index contributed by atoms with van der Waals surface area (Å²) in [5.74, 6) is -143. The zero-order valence-corrected chi connectivity index (χ0v) is 70.8. The van der Waals surface area contributed by atoms with E-state index < -0.39 is 289 Å². The van der Waals surface area contributed by atoms with E-state index in [1.807, 2.05) is 72.8 Å². The number of carbonyl (C=O) groups excluding carboxylic acids is 3. The van der Waals surface area contributed by atoms with E-state index in [4.69, 9.17) is 0 Å². The number of hydrogen-bond donors (Lipinski definition) is 0. The maximum atomic E-state index is 15.4. The van der Waals surface area contributed by atoms with Gasteiger partial charge in [0.15, 0.2) is 172 Å². The smallest absolute Gasteiger partial charge is 0.200 e. The van der Waals surface area contributed by atoms with Gasteiger partial charge in [-0.25, -0.2) is 176 Å². The zero-order valence-electron chi connectivity index (χ0n) is 67.5. The molecule has 49 heteroatoms. The summed E-state index contributed by atoms with van der Waals surface area (Å²) in [6.45, 7) is 4.75. The maximum Gasteiger partial charge on any atom is 0.200 e. The molecule has 0 aliphatic rings. The highest BCUT2D eigenvalue weighted by Crippen LogP contribution is 2.41. The van der Waals surface area contributed by atoms with Crippen LogP contribution in [0, 0.1) is 233 Å². The fourth-order valence-electron chi connectivity index (χ4n) is 14.8. The van der Waals surface area contributed by atoms with Crippen molar-refractivity contribution in [2.24, 2.45) is 0 Å². The average molecular weight is 2070 g/mol. The lowest BCUT2D eigenvalue weighted by molar-refractivity contribution is 0.100. The molecule has 0 radical (unpaired) electrons. The van der Waals surface area contributed by atoms with Gasteiger partial charge in [-0.15, -0.1) is 43.7 Å². The quantitative estimate of drug-likeness (QED) is 0.0189. The number of Topliss-reactive ketones (excluding diaryl/α,β-unsaturated/α-hetero) is 3. The highest BCUT2D eigenvalue weighted by molar-refractivity contribution is 8.00.